The van der Waals surface area contributed by atoms with Crippen LogP contribution in [0.3, 0.4) is 0 Å². The molecule has 226 valence electrons. The van der Waals surface area contributed by atoms with Gasteiger partial charge in [0.1, 0.15) is 30.3 Å². The van der Waals surface area contributed by atoms with E-state index in [1.54, 1.807) is 0 Å². The van der Waals surface area contributed by atoms with E-state index in [1.807, 2.05) is 0 Å². The number of amides is 2. The molecule has 15 heteroatoms. The second-order valence-electron chi connectivity index (χ2n) is 10.1. The van der Waals surface area contributed by atoms with Crippen LogP contribution in [0.4, 0.5) is 22.0 Å². The van der Waals surface area contributed by atoms with Crippen molar-refractivity contribution in [3.8, 4) is 0 Å². The first-order chi connectivity index (χ1) is 19.5. The Morgan fingerprint density at radius 3 is 2.52 bits per heavy atom. The molecule has 1 aromatic heterocycles. The summed E-state index contributed by atoms with van der Waals surface area (Å²) >= 11 is 5.76. The third-order valence-corrected chi connectivity index (χ3v) is 8.59. The Bertz CT molecular complexity index is 1660. The molecule has 0 unspecified atom stereocenters. The molecule has 2 heterocycles. The second-order valence-corrected chi connectivity index (χ2v) is 12.5. The van der Waals surface area contributed by atoms with E-state index < -0.39 is 70.5 Å². The fourth-order valence-electron chi connectivity index (χ4n) is 4.92. The molecule has 0 saturated carbocycles. The van der Waals surface area contributed by atoms with Gasteiger partial charge in [-0.1, -0.05) is 35.9 Å². The molecule has 3 aromatic rings. The first kappa shape index (κ1) is 31.4. The standard InChI is InChI=1S/C27H25ClF5N3O5S/c1-15(37)20-11-35(22-7-16(5-6-19(20)22)13-42(40,41)14-27(31,32)33)12-24(38)36-10-18(29)8-23(36)26(39)34-9-17-3-2-4-21(28)25(17)30/h2-7,11,18,23H,8-10,12-14H2,1H3,(H,34,39)/t18-,23+/m1/s1. The lowest BCUT2D eigenvalue weighted by Crippen LogP contribution is -2.46. The summed E-state index contributed by atoms with van der Waals surface area (Å²) in [4.78, 5) is 39.5. The molecule has 2 atom stereocenters. The van der Waals surface area contributed by atoms with Crippen molar-refractivity contribution < 1.29 is 44.8 Å². The zero-order valence-corrected chi connectivity index (χ0v) is 23.6. The van der Waals surface area contributed by atoms with Crippen molar-refractivity contribution in [1.82, 2.24) is 14.8 Å². The normalized spacial score (nSPS) is 17.5. The number of sulfone groups is 1. The molecule has 0 radical (unpaired) electrons. The summed E-state index contributed by atoms with van der Waals surface area (Å²) in [6.45, 7) is 0.120. The molecule has 0 spiro atoms. The van der Waals surface area contributed by atoms with Crippen molar-refractivity contribution in [3.63, 3.8) is 0 Å². The Morgan fingerprint density at radius 1 is 1.14 bits per heavy atom. The van der Waals surface area contributed by atoms with Crippen LogP contribution < -0.4 is 5.32 Å². The van der Waals surface area contributed by atoms with Gasteiger partial charge in [-0.25, -0.2) is 17.2 Å². The highest BCUT2D eigenvalue weighted by Gasteiger charge is 2.40. The van der Waals surface area contributed by atoms with Gasteiger partial charge in [-0.05, 0) is 24.6 Å². The van der Waals surface area contributed by atoms with E-state index in [-0.39, 0.29) is 46.0 Å². The van der Waals surface area contributed by atoms with E-state index in [4.69, 9.17) is 11.6 Å². The van der Waals surface area contributed by atoms with E-state index in [0.29, 0.717) is 5.39 Å². The first-order valence-electron chi connectivity index (χ1n) is 12.6. The number of nitrogens with one attached hydrogen (secondary N) is 1. The molecule has 0 bridgehead atoms. The molecule has 1 fully saturated rings. The van der Waals surface area contributed by atoms with Gasteiger partial charge < -0.3 is 14.8 Å². The summed E-state index contributed by atoms with van der Waals surface area (Å²) in [5.74, 6) is -5.48. The average Bonchev–Trinajstić information content (AvgIpc) is 3.43. The van der Waals surface area contributed by atoms with Gasteiger partial charge in [0.15, 0.2) is 15.6 Å². The van der Waals surface area contributed by atoms with Crippen LogP contribution in [-0.4, -0.2) is 66.2 Å². The van der Waals surface area contributed by atoms with Crippen molar-refractivity contribution in [1.29, 1.82) is 0 Å². The summed E-state index contributed by atoms with van der Waals surface area (Å²) < 4.78 is 92.2. The number of hydrogen-bond acceptors (Lipinski definition) is 5. The lowest BCUT2D eigenvalue weighted by Gasteiger charge is -2.24. The number of rotatable bonds is 9. The maximum Gasteiger partial charge on any atom is 0.402 e. The van der Waals surface area contributed by atoms with Crippen molar-refractivity contribution in [2.45, 2.75) is 50.6 Å². The van der Waals surface area contributed by atoms with Crippen LogP contribution in [0, 0.1) is 5.82 Å². The van der Waals surface area contributed by atoms with Crippen LogP contribution in [-0.2, 0) is 38.3 Å². The van der Waals surface area contributed by atoms with Crippen LogP contribution >= 0.6 is 11.6 Å². The molecule has 1 saturated heterocycles. The third kappa shape index (κ3) is 7.27. The number of carbonyl (C=O) groups is 3. The Kier molecular flexibility index (Phi) is 8.97. The van der Waals surface area contributed by atoms with Gasteiger partial charge in [-0.3, -0.25) is 14.4 Å². The van der Waals surface area contributed by atoms with E-state index >= 15 is 0 Å². The largest absolute Gasteiger partial charge is 0.402 e. The minimum Gasteiger partial charge on any atom is -0.350 e. The van der Waals surface area contributed by atoms with Gasteiger partial charge in [-0.2, -0.15) is 13.2 Å². The number of Topliss-reactive ketones (excluding diaryl/α,β-unsaturated/α-hetero) is 1. The maximum atomic E-state index is 14.4. The van der Waals surface area contributed by atoms with Crippen molar-refractivity contribution in [2.75, 3.05) is 12.3 Å². The van der Waals surface area contributed by atoms with Gasteiger partial charge in [-0.15, -0.1) is 0 Å². The number of hydrogen-bond donors (Lipinski definition) is 1. The Morgan fingerprint density at radius 2 is 1.86 bits per heavy atom. The first-order valence-corrected chi connectivity index (χ1v) is 14.8. The fourth-order valence-corrected chi connectivity index (χ4v) is 6.41. The minimum absolute atomic E-state index is 0.00384. The smallest absolute Gasteiger partial charge is 0.350 e. The number of likely N-dealkylation sites (tertiary alicyclic amines) is 1. The number of nitrogens with zero attached hydrogens (tertiary/aromatic N) is 2. The van der Waals surface area contributed by atoms with Crippen LogP contribution in [0.25, 0.3) is 10.9 Å². The van der Waals surface area contributed by atoms with Crippen molar-refractivity contribution >= 4 is 49.9 Å². The van der Waals surface area contributed by atoms with E-state index in [0.717, 1.165) is 4.90 Å². The Balaban J connectivity index is 1.56. The zero-order valence-electron chi connectivity index (χ0n) is 22.1. The summed E-state index contributed by atoms with van der Waals surface area (Å²) in [5.41, 5.74) is 0.461. The van der Waals surface area contributed by atoms with Gasteiger partial charge in [0.05, 0.1) is 17.3 Å². The zero-order chi connectivity index (χ0) is 31.0. The molecule has 0 aliphatic carbocycles. The van der Waals surface area contributed by atoms with Crippen molar-refractivity contribution in [3.05, 3.63) is 70.1 Å². The highest BCUT2D eigenvalue weighted by Crippen LogP contribution is 2.28. The van der Waals surface area contributed by atoms with E-state index in [1.165, 1.54) is 54.1 Å². The summed E-state index contributed by atoms with van der Waals surface area (Å²) in [6, 6.07) is 6.95. The highest BCUT2D eigenvalue weighted by atomic mass is 35.5. The molecular weight excluding hydrogens is 609 g/mol. The minimum atomic E-state index is -4.92. The topological polar surface area (TPSA) is 106 Å². The van der Waals surface area contributed by atoms with E-state index in [9.17, 15) is 44.8 Å². The number of halogens is 6. The van der Waals surface area contributed by atoms with Crippen molar-refractivity contribution in [2.24, 2.45) is 0 Å². The van der Waals surface area contributed by atoms with E-state index in [2.05, 4.69) is 5.32 Å². The number of carbonyl (C=O) groups excluding carboxylic acids is 3. The number of alkyl halides is 4. The predicted molar refractivity (Wildman–Crippen MR) is 144 cm³/mol. The molecule has 1 aliphatic rings. The molecule has 2 amide bonds. The highest BCUT2D eigenvalue weighted by molar-refractivity contribution is 7.90. The van der Waals surface area contributed by atoms with Crippen LogP contribution in [0.1, 0.15) is 34.8 Å². The quantitative estimate of drug-likeness (QED) is 0.278. The molecule has 2 aromatic carbocycles. The lowest BCUT2D eigenvalue weighted by atomic mass is 10.1. The molecule has 8 nitrogen and oxygen atoms in total. The number of benzene rings is 2. The summed E-state index contributed by atoms with van der Waals surface area (Å²) in [6.07, 6.45) is -5.42. The average molecular weight is 634 g/mol. The third-order valence-electron chi connectivity index (χ3n) is 6.76. The van der Waals surface area contributed by atoms with Crippen LogP contribution in [0.2, 0.25) is 5.02 Å². The van der Waals surface area contributed by atoms with Gasteiger partial charge in [0.2, 0.25) is 11.8 Å². The molecule has 1 N–H and O–H groups in total. The van der Waals surface area contributed by atoms with Gasteiger partial charge >= 0.3 is 6.18 Å². The molecule has 1 aliphatic heterocycles. The van der Waals surface area contributed by atoms with Crippen LogP contribution in [0.5, 0.6) is 0 Å². The number of aromatic nitrogens is 1. The maximum absolute atomic E-state index is 14.4. The lowest BCUT2D eigenvalue weighted by molar-refractivity contribution is -0.139. The van der Waals surface area contributed by atoms with Gasteiger partial charge in [0.25, 0.3) is 0 Å². The summed E-state index contributed by atoms with van der Waals surface area (Å²) in [5, 5.41) is 2.67. The molecule has 4 rings (SSSR count). The second kappa shape index (κ2) is 12.0. The predicted octanol–water partition coefficient (Wildman–Crippen LogP) is 4.37. The summed E-state index contributed by atoms with van der Waals surface area (Å²) in [7, 11) is -4.57. The number of ketones is 1. The fraction of sp³-hybridized carbons (Fsp3) is 0.370. The molecule has 42 heavy (non-hydrogen) atoms. The Labute approximate surface area is 242 Å². The Hall–Kier alpha value is -3.52. The van der Waals surface area contributed by atoms with Crippen LogP contribution in [0.15, 0.2) is 42.6 Å². The number of fused-ring (bicyclic) bond motifs is 1. The SMILES string of the molecule is CC(=O)c1cn(CC(=O)N2C[C@H](F)C[C@H]2C(=O)NCc2cccc(Cl)c2F)c2cc(CS(=O)(=O)CC(F)(F)F)ccc12. The monoisotopic (exact) mass is 633 g/mol. The van der Waals surface area contributed by atoms with Gasteiger partial charge in [0, 0.05) is 41.2 Å². The molecular formula is C27H25ClF5N3O5S.